The van der Waals surface area contributed by atoms with Crippen molar-refractivity contribution in [1.82, 2.24) is 0 Å². The van der Waals surface area contributed by atoms with E-state index < -0.39 is 0 Å². The van der Waals surface area contributed by atoms with Crippen molar-refractivity contribution in [3.05, 3.63) is 50.0 Å². The SMILES string of the molecule is CN1C(=O)/C(=C2/SC=C(C=O)S2)C(=O)c2ccccc21. The van der Waals surface area contributed by atoms with E-state index in [4.69, 9.17) is 0 Å². The molecular formula is C14H9NO3S2. The summed E-state index contributed by atoms with van der Waals surface area (Å²) in [6, 6.07) is 7.02. The van der Waals surface area contributed by atoms with Crippen LogP contribution in [-0.4, -0.2) is 25.0 Å². The molecule has 0 unspecified atom stereocenters. The van der Waals surface area contributed by atoms with Crippen molar-refractivity contribution in [3.8, 4) is 0 Å². The Kier molecular flexibility index (Phi) is 3.27. The number of ketones is 1. The van der Waals surface area contributed by atoms with Gasteiger partial charge in [-0.05, 0) is 17.5 Å². The van der Waals surface area contributed by atoms with Crippen molar-refractivity contribution < 1.29 is 14.4 Å². The van der Waals surface area contributed by atoms with Crippen molar-refractivity contribution >= 4 is 47.2 Å². The molecule has 0 atom stereocenters. The number of carbonyl (C=O) groups is 3. The summed E-state index contributed by atoms with van der Waals surface area (Å²) in [5.74, 6) is -0.608. The van der Waals surface area contributed by atoms with Crippen molar-refractivity contribution in [3.63, 3.8) is 0 Å². The average molecular weight is 303 g/mol. The lowest BCUT2D eigenvalue weighted by molar-refractivity contribution is -0.114. The number of thioether (sulfide) groups is 2. The highest BCUT2D eigenvalue weighted by Gasteiger charge is 2.36. The zero-order chi connectivity index (χ0) is 14.3. The van der Waals surface area contributed by atoms with E-state index in [0.717, 1.165) is 6.29 Å². The molecular weight excluding hydrogens is 294 g/mol. The number of nitrogens with zero attached hydrogens (tertiary/aromatic N) is 1. The van der Waals surface area contributed by atoms with Crippen molar-refractivity contribution in [2.75, 3.05) is 11.9 Å². The molecule has 3 rings (SSSR count). The Morgan fingerprint density at radius 3 is 2.65 bits per heavy atom. The minimum Gasteiger partial charge on any atom is -0.311 e. The van der Waals surface area contributed by atoms with Crippen LogP contribution < -0.4 is 4.90 Å². The number of fused-ring (bicyclic) bond motifs is 1. The quantitative estimate of drug-likeness (QED) is 0.453. The first-order chi connectivity index (χ1) is 9.63. The fourth-order valence-electron chi connectivity index (χ4n) is 2.08. The van der Waals surface area contributed by atoms with Crippen LogP contribution in [0.3, 0.4) is 0 Å². The summed E-state index contributed by atoms with van der Waals surface area (Å²) in [6.45, 7) is 0. The Labute approximate surface area is 123 Å². The van der Waals surface area contributed by atoms with Gasteiger partial charge in [-0.25, -0.2) is 0 Å². The molecule has 2 aliphatic heterocycles. The summed E-state index contributed by atoms with van der Waals surface area (Å²) in [5.41, 5.74) is 1.27. The molecule has 2 aliphatic rings. The normalized spacial score (nSPS) is 21.9. The Hall–Kier alpha value is -1.79. The van der Waals surface area contributed by atoms with E-state index in [9.17, 15) is 14.4 Å². The molecule has 0 aromatic heterocycles. The molecule has 0 fully saturated rings. The van der Waals surface area contributed by atoms with Crippen molar-refractivity contribution in [2.45, 2.75) is 0 Å². The molecule has 100 valence electrons. The van der Waals surface area contributed by atoms with Crippen LogP contribution in [0.25, 0.3) is 0 Å². The van der Waals surface area contributed by atoms with Crippen LogP contribution in [0.2, 0.25) is 0 Å². The van der Waals surface area contributed by atoms with Gasteiger partial charge < -0.3 is 4.90 Å². The lowest BCUT2D eigenvalue weighted by atomic mass is 9.97. The predicted molar refractivity (Wildman–Crippen MR) is 80.5 cm³/mol. The highest BCUT2D eigenvalue weighted by Crippen LogP contribution is 2.46. The lowest BCUT2D eigenvalue weighted by Gasteiger charge is -2.27. The Bertz CT molecular complexity index is 706. The fourth-order valence-corrected chi connectivity index (χ4v) is 4.16. The first-order valence-electron chi connectivity index (χ1n) is 5.79. The van der Waals surface area contributed by atoms with Gasteiger partial charge in [-0.15, -0.1) is 0 Å². The van der Waals surface area contributed by atoms with Gasteiger partial charge in [-0.2, -0.15) is 0 Å². The third-order valence-electron chi connectivity index (χ3n) is 3.07. The lowest BCUT2D eigenvalue weighted by Crippen LogP contribution is -2.37. The number of anilines is 1. The summed E-state index contributed by atoms with van der Waals surface area (Å²) in [7, 11) is 1.65. The molecule has 0 saturated heterocycles. The Morgan fingerprint density at radius 2 is 1.95 bits per heavy atom. The second kappa shape index (κ2) is 4.96. The first kappa shape index (κ1) is 13.2. The topological polar surface area (TPSA) is 54.5 Å². The van der Waals surface area contributed by atoms with Gasteiger partial charge in [-0.1, -0.05) is 35.7 Å². The fraction of sp³-hybridized carbons (Fsp3) is 0.0714. The highest BCUT2D eigenvalue weighted by molar-refractivity contribution is 8.28. The minimum atomic E-state index is -0.329. The summed E-state index contributed by atoms with van der Waals surface area (Å²) < 4.78 is 0.573. The van der Waals surface area contributed by atoms with Gasteiger partial charge in [0.2, 0.25) is 5.78 Å². The van der Waals surface area contributed by atoms with Gasteiger partial charge in [0.25, 0.3) is 5.91 Å². The monoisotopic (exact) mass is 303 g/mol. The predicted octanol–water partition coefficient (Wildman–Crippen LogP) is 2.58. The maximum absolute atomic E-state index is 12.5. The summed E-state index contributed by atoms with van der Waals surface area (Å²) >= 11 is 2.42. The van der Waals surface area contributed by atoms with Gasteiger partial charge in [-0.3, -0.25) is 14.4 Å². The van der Waals surface area contributed by atoms with E-state index in [2.05, 4.69) is 0 Å². The number of benzene rings is 1. The number of carbonyl (C=O) groups excluding carboxylic acids is 3. The van der Waals surface area contributed by atoms with Gasteiger partial charge in [0, 0.05) is 12.6 Å². The Morgan fingerprint density at radius 1 is 1.20 bits per heavy atom. The molecule has 2 heterocycles. The number of allylic oxidation sites excluding steroid dienone is 1. The average Bonchev–Trinajstić information content (AvgIpc) is 2.94. The van der Waals surface area contributed by atoms with Crippen molar-refractivity contribution in [2.24, 2.45) is 0 Å². The molecule has 1 amide bonds. The first-order valence-corrected chi connectivity index (χ1v) is 7.49. The van der Waals surface area contributed by atoms with Gasteiger partial charge in [0.15, 0.2) is 6.29 Å². The van der Waals surface area contributed by atoms with E-state index in [1.54, 1.807) is 36.7 Å². The number of amides is 1. The number of hydrogen-bond donors (Lipinski definition) is 0. The maximum atomic E-state index is 12.5. The summed E-state index contributed by atoms with van der Waals surface area (Å²) in [4.78, 5) is 37.6. The molecule has 0 bridgehead atoms. The van der Waals surface area contributed by atoms with E-state index in [0.29, 0.717) is 20.4 Å². The van der Waals surface area contributed by atoms with Crippen LogP contribution in [0.15, 0.2) is 44.4 Å². The van der Waals surface area contributed by atoms with E-state index >= 15 is 0 Å². The van der Waals surface area contributed by atoms with Crippen LogP contribution in [0, 0.1) is 0 Å². The minimum absolute atomic E-state index is 0.148. The summed E-state index contributed by atoms with van der Waals surface area (Å²) in [6.07, 6.45) is 0.723. The molecule has 0 spiro atoms. The van der Waals surface area contributed by atoms with Crippen molar-refractivity contribution in [1.29, 1.82) is 0 Å². The Balaban J connectivity index is 2.12. The third-order valence-corrected chi connectivity index (χ3v) is 5.39. The number of Topliss-reactive ketones (excluding diaryl/α,β-unsaturated/α-hetero) is 1. The zero-order valence-electron chi connectivity index (χ0n) is 10.5. The largest absolute Gasteiger partial charge is 0.311 e. The number of likely N-dealkylation sites (N-methyl/N-ethyl adjacent to an activating group) is 1. The summed E-state index contributed by atoms with van der Waals surface area (Å²) in [5, 5.41) is 1.65. The number of aldehydes is 1. The standard InChI is InChI=1S/C14H9NO3S2/c1-15-10-5-3-2-4-9(10)12(17)11(13(15)18)14-19-7-8(6-16)20-14/h2-7H,1H3/b14-11-. The van der Waals surface area contributed by atoms with Crippen LogP contribution in [-0.2, 0) is 9.59 Å². The zero-order valence-corrected chi connectivity index (χ0v) is 12.1. The van der Waals surface area contributed by atoms with E-state index in [-0.39, 0.29) is 17.3 Å². The number of para-hydroxylation sites is 1. The molecule has 1 aromatic rings. The molecule has 4 nitrogen and oxygen atoms in total. The van der Waals surface area contributed by atoms with Crippen LogP contribution in [0.1, 0.15) is 10.4 Å². The molecule has 6 heteroatoms. The van der Waals surface area contributed by atoms with E-state index in [1.807, 2.05) is 0 Å². The molecule has 0 N–H and O–H groups in total. The second-order valence-corrected chi connectivity index (χ2v) is 6.45. The molecule has 0 saturated carbocycles. The molecule has 0 radical (unpaired) electrons. The smallest absolute Gasteiger partial charge is 0.263 e. The number of rotatable bonds is 1. The van der Waals surface area contributed by atoms with Crippen LogP contribution in [0.5, 0.6) is 0 Å². The van der Waals surface area contributed by atoms with Crippen LogP contribution in [0.4, 0.5) is 5.69 Å². The second-order valence-electron chi connectivity index (χ2n) is 4.23. The van der Waals surface area contributed by atoms with E-state index in [1.165, 1.54) is 28.4 Å². The van der Waals surface area contributed by atoms with Crippen LogP contribution >= 0.6 is 23.5 Å². The molecule has 20 heavy (non-hydrogen) atoms. The maximum Gasteiger partial charge on any atom is 0.263 e. The third kappa shape index (κ3) is 1.92. The van der Waals surface area contributed by atoms with Gasteiger partial charge in [0.05, 0.1) is 14.8 Å². The highest BCUT2D eigenvalue weighted by atomic mass is 32.2. The number of hydrogen-bond acceptors (Lipinski definition) is 5. The molecule has 0 aliphatic carbocycles. The van der Waals surface area contributed by atoms with Gasteiger partial charge in [0.1, 0.15) is 5.57 Å². The van der Waals surface area contributed by atoms with Gasteiger partial charge >= 0.3 is 0 Å². The molecule has 1 aromatic carbocycles.